The molecule has 0 aliphatic carbocycles. The summed E-state index contributed by atoms with van der Waals surface area (Å²) in [6, 6.07) is 0. The van der Waals surface area contributed by atoms with Crippen molar-refractivity contribution >= 4 is 0 Å². The fraction of sp³-hybridized carbons (Fsp3) is 1.00. The van der Waals surface area contributed by atoms with Crippen LogP contribution in [-0.2, 0) is 29.0 Å². The molecule has 2 heterocycles. The molecule has 0 spiro atoms. The fourth-order valence-corrected chi connectivity index (χ4v) is 1.18. The largest absolute Gasteiger partial charge is 0.320 e. The molecule has 0 N–H and O–H groups in total. The highest BCUT2D eigenvalue weighted by molar-refractivity contribution is 4.50. The smallest absolute Gasteiger partial charge is 0.194 e. The molecule has 0 amide bonds. The first-order valence-corrected chi connectivity index (χ1v) is 4.25. The van der Waals surface area contributed by atoms with Crippen LogP contribution in [-0.4, -0.2) is 26.2 Å². The Bertz CT molecular complexity index is 124. The van der Waals surface area contributed by atoms with Gasteiger partial charge in [-0.1, -0.05) is 0 Å². The second kappa shape index (κ2) is 4.85. The van der Waals surface area contributed by atoms with Crippen LogP contribution in [0.5, 0.6) is 0 Å². The minimum absolute atomic E-state index is 0.213. The molecule has 2 saturated heterocycles. The van der Waals surface area contributed by atoms with Gasteiger partial charge in [0.25, 0.3) is 0 Å². The lowest BCUT2D eigenvalue weighted by molar-refractivity contribution is -0.283. The van der Waals surface area contributed by atoms with Crippen molar-refractivity contribution in [3.8, 4) is 0 Å². The van der Waals surface area contributed by atoms with Crippen LogP contribution < -0.4 is 0 Å². The second-order valence-corrected chi connectivity index (χ2v) is 2.79. The second-order valence-electron chi connectivity index (χ2n) is 2.79. The molecule has 0 aromatic heterocycles. The summed E-state index contributed by atoms with van der Waals surface area (Å²) in [7, 11) is 0. The Kier molecular flexibility index (Phi) is 3.48. The third-order valence-corrected chi connectivity index (χ3v) is 1.83. The van der Waals surface area contributed by atoms with Gasteiger partial charge in [-0.25, -0.2) is 19.6 Å². The zero-order chi connectivity index (χ0) is 8.93. The Morgan fingerprint density at radius 3 is 1.77 bits per heavy atom. The molecule has 0 radical (unpaired) electrons. The molecule has 2 aliphatic rings. The Morgan fingerprint density at radius 1 is 0.846 bits per heavy atom. The van der Waals surface area contributed by atoms with Gasteiger partial charge in [-0.05, 0) is 6.42 Å². The SMILES string of the molecule is C(CC1OCOO1)CC1OCOO1. The summed E-state index contributed by atoms with van der Waals surface area (Å²) >= 11 is 0. The van der Waals surface area contributed by atoms with Gasteiger partial charge in [0.15, 0.2) is 26.2 Å². The van der Waals surface area contributed by atoms with Crippen LogP contribution >= 0.6 is 0 Å². The topological polar surface area (TPSA) is 55.4 Å². The van der Waals surface area contributed by atoms with E-state index in [2.05, 4.69) is 9.78 Å². The minimum atomic E-state index is -0.248. The van der Waals surface area contributed by atoms with Crippen LogP contribution in [0.15, 0.2) is 0 Å². The first-order chi connectivity index (χ1) is 6.45. The van der Waals surface area contributed by atoms with Crippen molar-refractivity contribution in [1.82, 2.24) is 0 Å². The predicted molar refractivity (Wildman–Crippen MR) is 37.7 cm³/mol. The van der Waals surface area contributed by atoms with Gasteiger partial charge in [0.2, 0.25) is 0 Å². The Morgan fingerprint density at radius 2 is 1.38 bits per heavy atom. The van der Waals surface area contributed by atoms with Crippen molar-refractivity contribution in [3.63, 3.8) is 0 Å². The molecule has 2 rings (SSSR count). The third-order valence-electron chi connectivity index (χ3n) is 1.83. The van der Waals surface area contributed by atoms with Gasteiger partial charge in [-0.3, -0.25) is 0 Å². The lowest BCUT2D eigenvalue weighted by atomic mass is 10.2. The number of rotatable bonds is 4. The number of ether oxygens (including phenoxy) is 2. The summed E-state index contributed by atoms with van der Waals surface area (Å²) in [5.74, 6) is 0. The summed E-state index contributed by atoms with van der Waals surface area (Å²) in [6.07, 6.45) is 1.92. The van der Waals surface area contributed by atoms with Crippen LogP contribution in [0, 0.1) is 0 Å². The molecule has 2 unspecified atom stereocenters. The van der Waals surface area contributed by atoms with Gasteiger partial charge in [0.1, 0.15) is 0 Å². The van der Waals surface area contributed by atoms with Crippen molar-refractivity contribution in [2.45, 2.75) is 31.8 Å². The molecule has 76 valence electrons. The van der Waals surface area contributed by atoms with E-state index in [9.17, 15) is 0 Å². The van der Waals surface area contributed by atoms with Crippen molar-refractivity contribution in [3.05, 3.63) is 0 Å². The van der Waals surface area contributed by atoms with E-state index in [0.717, 1.165) is 19.3 Å². The molecule has 6 nitrogen and oxygen atoms in total. The van der Waals surface area contributed by atoms with Gasteiger partial charge in [-0.2, -0.15) is 0 Å². The van der Waals surface area contributed by atoms with Crippen LogP contribution in [0.2, 0.25) is 0 Å². The molecule has 0 aromatic rings. The lowest BCUT2D eigenvalue weighted by Gasteiger charge is -2.07. The van der Waals surface area contributed by atoms with Gasteiger partial charge in [0.05, 0.1) is 0 Å². The van der Waals surface area contributed by atoms with Gasteiger partial charge < -0.3 is 9.47 Å². The van der Waals surface area contributed by atoms with Crippen LogP contribution in [0.1, 0.15) is 19.3 Å². The standard InChI is InChI=1S/C7H12O6/c1(2-6-8-4-10-12-6)3-7-9-5-11-13-7/h6-7H,1-5H2. The van der Waals surface area contributed by atoms with Crippen molar-refractivity contribution < 1.29 is 29.0 Å². The van der Waals surface area contributed by atoms with E-state index in [0.29, 0.717) is 0 Å². The van der Waals surface area contributed by atoms with Crippen molar-refractivity contribution in [2.75, 3.05) is 13.6 Å². The minimum Gasteiger partial charge on any atom is -0.320 e. The summed E-state index contributed by atoms with van der Waals surface area (Å²) in [6.45, 7) is 0.425. The van der Waals surface area contributed by atoms with E-state index in [-0.39, 0.29) is 26.2 Å². The first-order valence-electron chi connectivity index (χ1n) is 4.25. The zero-order valence-electron chi connectivity index (χ0n) is 7.14. The lowest BCUT2D eigenvalue weighted by Crippen LogP contribution is -2.11. The third kappa shape index (κ3) is 2.87. The maximum atomic E-state index is 5.06. The quantitative estimate of drug-likeness (QED) is 0.610. The van der Waals surface area contributed by atoms with Gasteiger partial charge in [-0.15, -0.1) is 0 Å². The van der Waals surface area contributed by atoms with E-state index < -0.39 is 0 Å². The predicted octanol–water partition coefficient (Wildman–Crippen LogP) is 0.681. The monoisotopic (exact) mass is 192 g/mol. The molecule has 2 aliphatic heterocycles. The van der Waals surface area contributed by atoms with E-state index in [1.807, 2.05) is 0 Å². The molecular formula is C7H12O6. The Labute approximate surface area is 75.5 Å². The highest BCUT2D eigenvalue weighted by Crippen LogP contribution is 2.17. The zero-order valence-corrected chi connectivity index (χ0v) is 7.14. The molecule has 2 atom stereocenters. The maximum absolute atomic E-state index is 5.06. The van der Waals surface area contributed by atoms with E-state index in [4.69, 9.17) is 19.2 Å². The normalized spacial score (nSPS) is 34.2. The Hall–Kier alpha value is -0.240. The molecule has 6 heteroatoms. The highest BCUT2D eigenvalue weighted by Gasteiger charge is 2.21. The van der Waals surface area contributed by atoms with Crippen molar-refractivity contribution in [2.24, 2.45) is 0 Å². The van der Waals surface area contributed by atoms with Crippen LogP contribution in [0.3, 0.4) is 0 Å². The number of hydrogen-bond acceptors (Lipinski definition) is 6. The maximum Gasteiger partial charge on any atom is 0.194 e. The van der Waals surface area contributed by atoms with E-state index in [1.54, 1.807) is 0 Å². The highest BCUT2D eigenvalue weighted by atomic mass is 17.3. The summed E-state index contributed by atoms with van der Waals surface area (Å²) < 4.78 is 10.1. The molecule has 0 bridgehead atoms. The van der Waals surface area contributed by atoms with Crippen LogP contribution in [0.25, 0.3) is 0 Å². The molecule has 0 saturated carbocycles. The fourth-order valence-electron chi connectivity index (χ4n) is 1.18. The summed E-state index contributed by atoms with van der Waals surface area (Å²) in [4.78, 5) is 18.7. The average Bonchev–Trinajstić information content (AvgIpc) is 2.75. The first kappa shape index (κ1) is 9.32. The molecule has 0 aromatic carbocycles. The number of hydrogen-bond donors (Lipinski definition) is 0. The molecule has 13 heavy (non-hydrogen) atoms. The molecule has 2 fully saturated rings. The summed E-state index contributed by atoms with van der Waals surface area (Å²) in [5, 5.41) is 0. The van der Waals surface area contributed by atoms with E-state index in [1.165, 1.54) is 0 Å². The molecular weight excluding hydrogens is 180 g/mol. The van der Waals surface area contributed by atoms with Gasteiger partial charge >= 0.3 is 0 Å². The van der Waals surface area contributed by atoms with Gasteiger partial charge in [0, 0.05) is 12.8 Å². The Balaban J connectivity index is 1.52. The van der Waals surface area contributed by atoms with Crippen molar-refractivity contribution in [1.29, 1.82) is 0 Å². The van der Waals surface area contributed by atoms with E-state index >= 15 is 0 Å². The summed E-state index contributed by atoms with van der Waals surface area (Å²) in [5.41, 5.74) is 0. The van der Waals surface area contributed by atoms with Crippen LogP contribution in [0.4, 0.5) is 0 Å². The average molecular weight is 192 g/mol.